The van der Waals surface area contributed by atoms with E-state index >= 15 is 0 Å². The van der Waals surface area contributed by atoms with E-state index in [1.165, 1.54) is 23.5 Å². The lowest BCUT2D eigenvalue weighted by atomic mass is 10.1. The molecule has 0 aliphatic heterocycles. The summed E-state index contributed by atoms with van der Waals surface area (Å²) in [6.45, 7) is 0.457. The van der Waals surface area contributed by atoms with Gasteiger partial charge < -0.3 is 10.3 Å². The number of amides is 1. The summed E-state index contributed by atoms with van der Waals surface area (Å²) in [6, 6.07) is 6.34. The van der Waals surface area contributed by atoms with Gasteiger partial charge in [-0.1, -0.05) is 12.1 Å². The van der Waals surface area contributed by atoms with Crippen LogP contribution in [0.4, 0.5) is 4.39 Å². The standard InChI is InChI=1S/C12H11FN2OS2/c13-9-3-1-2-8(6-9)4-5-14-11(16)10-7-18-12(17)15-10/h1-3,6-7H,4-5H2,(H,14,16)(H,15,17). The van der Waals surface area contributed by atoms with Crippen molar-refractivity contribution in [3.8, 4) is 0 Å². The molecule has 0 radical (unpaired) electrons. The summed E-state index contributed by atoms with van der Waals surface area (Å²) in [5, 5.41) is 4.43. The maximum absolute atomic E-state index is 12.9. The van der Waals surface area contributed by atoms with Crippen LogP contribution in [0.15, 0.2) is 29.6 Å². The molecular weight excluding hydrogens is 271 g/mol. The fraction of sp³-hybridized carbons (Fsp3) is 0.167. The highest BCUT2D eigenvalue weighted by atomic mass is 32.1. The number of hydrogen-bond donors (Lipinski definition) is 2. The molecule has 0 aliphatic rings. The van der Waals surface area contributed by atoms with E-state index in [1.54, 1.807) is 11.4 Å². The lowest BCUT2D eigenvalue weighted by molar-refractivity contribution is 0.0950. The SMILES string of the molecule is O=C(NCCc1cccc(F)c1)c1csc(=S)[nH]1. The van der Waals surface area contributed by atoms with Gasteiger partial charge in [-0.15, -0.1) is 11.3 Å². The first-order valence-corrected chi connectivity index (χ1v) is 6.64. The molecular formula is C12H11FN2OS2. The highest BCUT2D eigenvalue weighted by Crippen LogP contribution is 2.05. The van der Waals surface area contributed by atoms with E-state index in [1.807, 2.05) is 6.07 Å². The van der Waals surface area contributed by atoms with Crippen LogP contribution >= 0.6 is 23.6 Å². The van der Waals surface area contributed by atoms with Gasteiger partial charge in [-0.25, -0.2) is 4.39 Å². The van der Waals surface area contributed by atoms with Gasteiger partial charge in [0.2, 0.25) is 0 Å². The molecule has 2 aromatic rings. The Morgan fingerprint density at radius 1 is 1.50 bits per heavy atom. The van der Waals surface area contributed by atoms with Crippen LogP contribution in [0.3, 0.4) is 0 Å². The fourth-order valence-electron chi connectivity index (χ4n) is 1.50. The van der Waals surface area contributed by atoms with Crippen LogP contribution in [-0.4, -0.2) is 17.4 Å². The van der Waals surface area contributed by atoms with E-state index in [9.17, 15) is 9.18 Å². The Morgan fingerprint density at radius 2 is 2.33 bits per heavy atom. The van der Waals surface area contributed by atoms with Crippen molar-refractivity contribution in [2.24, 2.45) is 0 Å². The normalized spacial score (nSPS) is 10.3. The minimum Gasteiger partial charge on any atom is -0.350 e. The van der Waals surface area contributed by atoms with Gasteiger partial charge in [-0.3, -0.25) is 4.79 Å². The zero-order chi connectivity index (χ0) is 13.0. The van der Waals surface area contributed by atoms with Crippen LogP contribution < -0.4 is 5.32 Å². The van der Waals surface area contributed by atoms with Gasteiger partial charge in [0.05, 0.1) is 0 Å². The first-order valence-electron chi connectivity index (χ1n) is 5.35. The predicted molar refractivity (Wildman–Crippen MR) is 71.9 cm³/mol. The molecule has 94 valence electrons. The van der Waals surface area contributed by atoms with Gasteiger partial charge in [0.1, 0.15) is 11.5 Å². The van der Waals surface area contributed by atoms with Crippen molar-refractivity contribution in [2.75, 3.05) is 6.54 Å². The van der Waals surface area contributed by atoms with Crippen molar-refractivity contribution in [1.82, 2.24) is 10.3 Å². The van der Waals surface area contributed by atoms with Crippen LogP contribution in [0.5, 0.6) is 0 Å². The van der Waals surface area contributed by atoms with Gasteiger partial charge in [0.25, 0.3) is 5.91 Å². The summed E-state index contributed by atoms with van der Waals surface area (Å²) in [4.78, 5) is 14.5. The summed E-state index contributed by atoms with van der Waals surface area (Å²) < 4.78 is 13.5. The minimum absolute atomic E-state index is 0.196. The molecule has 2 N–H and O–H groups in total. The number of aromatic nitrogens is 1. The maximum Gasteiger partial charge on any atom is 0.268 e. The maximum atomic E-state index is 12.9. The highest BCUT2D eigenvalue weighted by molar-refractivity contribution is 7.73. The van der Waals surface area contributed by atoms with Crippen LogP contribution in [0.25, 0.3) is 0 Å². The number of aromatic amines is 1. The van der Waals surface area contributed by atoms with Crippen molar-refractivity contribution >= 4 is 29.5 Å². The number of nitrogens with one attached hydrogen (secondary N) is 2. The third-order valence-corrected chi connectivity index (χ3v) is 3.41. The average molecular weight is 282 g/mol. The topological polar surface area (TPSA) is 44.9 Å². The van der Waals surface area contributed by atoms with Crippen molar-refractivity contribution in [3.63, 3.8) is 0 Å². The number of hydrogen-bond acceptors (Lipinski definition) is 3. The Morgan fingerprint density at radius 3 is 3.00 bits per heavy atom. The Bertz CT molecular complexity index is 606. The van der Waals surface area contributed by atoms with E-state index < -0.39 is 0 Å². The van der Waals surface area contributed by atoms with Crippen LogP contribution in [-0.2, 0) is 6.42 Å². The van der Waals surface area contributed by atoms with E-state index in [4.69, 9.17) is 12.2 Å². The molecule has 6 heteroatoms. The number of carbonyl (C=O) groups is 1. The molecule has 1 heterocycles. The molecule has 2 rings (SSSR count). The second-order valence-corrected chi connectivity index (χ2v) is 5.24. The summed E-state index contributed by atoms with van der Waals surface area (Å²) >= 11 is 6.21. The van der Waals surface area contributed by atoms with Gasteiger partial charge >= 0.3 is 0 Å². The van der Waals surface area contributed by atoms with Crippen molar-refractivity contribution in [2.45, 2.75) is 6.42 Å². The first kappa shape index (κ1) is 12.9. The van der Waals surface area contributed by atoms with E-state index in [-0.39, 0.29) is 11.7 Å². The van der Waals surface area contributed by atoms with Crippen LogP contribution in [0, 0.1) is 9.77 Å². The van der Waals surface area contributed by atoms with Crippen LogP contribution in [0.2, 0.25) is 0 Å². The molecule has 0 aliphatic carbocycles. The second kappa shape index (κ2) is 5.88. The summed E-state index contributed by atoms with van der Waals surface area (Å²) in [7, 11) is 0. The predicted octanol–water partition coefficient (Wildman–Crippen LogP) is 2.92. The summed E-state index contributed by atoms with van der Waals surface area (Å²) in [6.07, 6.45) is 0.592. The molecule has 1 aromatic heterocycles. The quantitative estimate of drug-likeness (QED) is 0.847. The molecule has 0 spiro atoms. The molecule has 0 saturated carbocycles. The Labute approximate surface area is 113 Å². The van der Waals surface area contributed by atoms with Crippen molar-refractivity contribution < 1.29 is 9.18 Å². The molecule has 1 aromatic carbocycles. The smallest absolute Gasteiger partial charge is 0.268 e. The van der Waals surface area contributed by atoms with E-state index in [2.05, 4.69) is 10.3 Å². The number of H-pyrrole nitrogens is 1. The zero-order valence-electron chi connectivity index (χ0n) is 9.40. The Hall–Kier alpha value is -1.53. The van der Waals surface area contributed by atoms with E-state index in [0.717, 1.165) is 5.56 Å². The van der Waals surface area contributed by atoms with Gasteiger partial charge in [-0.05, 0) is 36.3 Å². The summed E-state index contributed by atoms with van der Waals surface area (Å²) in [5.74, 6) is -0.459. The number of rotatable bonds is 4. The molecule has 3 nitrogen and oxygen atoms in total. The van der Waals surface area contributed by atoms with E-state index in [0.29, 0.717) is 22.6 Å². The minimum atomic E-state index is -0.263. The third-order valence-electron chi connectivity index (χ3n) is 2.35. The van der Waals surface area contributed by atoms with Crippen molar-refractivity contribution in [3.05, 3.63) is 50.7 Å². The summed E-state index contributed by atoms with van der Waals surface area (Å²) in [5.41, 5.74) is 1.32. The van der Waals surface area contributed by atoms with Gasteiger partial charge in [-0.2, -0.15) is 0 Å². The molecule has 1 amide bonds. The van der Waals surface area contributed by atoms with Crippen LogP contribution in [0.1, 0.15) is 16.1 Å². The molecule has 18 heavy (non-hydrogen) atoms. The second-order valence-electron chi connectivity index (χ2n) is 3.70. The third kappa shape index (κ3) is 3.48. The largest absolute Gasteiger partial charge is 0.350 e. The molecule has 0 unspecified atom stereocenters. The Balaban J connectivity index is 1.86. The number of halogens is 1. The lowest BCUT2D eigenvalue weighted by Gasteiger charge is -2.03. The highest BCUT2D eigenvalue weighted by Gasteiger charge is 2.06. The Kier molecular flexibility index (Phi) is 4.22. The monoisotopic (exact) mass is 282 g/mol. The molecule has 0 bridgehead atoms. The van der Waals surface area contributed by atoms with Crippen molar-refractivity contribution in [1.29, 1.82) is 0 Å². The molecule has 0 saturated heterocycles. The van der Waals surface area contributed by atoms with Gasteiger partial charge in [0, 0.05) is 11.9 Å². The fourth-order valence-corrected chi connectivity index (χ4v) is 2.31. The lowest BCUT2D eigenvalue weighted by Crippen LogP contribution is -2.25. The number of thiazole rings is 1. The molecule has 0 fully saturated rings. The molecule has 0 atom stereocenters. The first-order chi connectivity index (χ1) is 8.65. The zero-order valence-corrected chi connectivity index (χ0v) is 11.0. The van der Waals surface area contributed by atoms with Gasteiger partial charge in [0.15, 0.2) is 3.95 Å². The number of carbonyl (C=O) groups excluding carboxylic acids is 1. The number of benzene rings is 1. The average Bonchev–Trinajstić information content (AvgIpc) is 2.76.